The highest BCUT2D eigenvalue weighted by molar-refractivity contribution is 6.31. The van der Waals surface area contributed by atoms with E-state index in [2.05, 4.69) is 41.9 Å². The molecule has 2 aliphatic heterocycles. The molecule has 5 heteroatoms. The fourth-order valence-corrected chi connectivity index (χ4v) is 5.46. The molecule has 2 aliphatic rings. The number of fused-ring (bicyclic) bond motifs is 2. The van der Waals surface area contributed by atoms with E-state index in [9.17, 15) is 0 Å². The average molecular weight is 437 g/mol. The summed E-state index contributed by atoms with van der Waals surface area (Å²) in [6.45, 7) is 0.900. The first-order valence-corrected chi connectivity index (χ1v) is 10.9. The monoisotopic (exact) mass is 436 g/mol. The van der Waals surface area contributed by atoms with E-state index >= 15 is 0 Å². The number of rotatable bonds is 3. The number of hydrogen-bond donors (Lipinski definition) is 1. The summed E-state index contributed by atoms with van der Waals surface area (Å²) in [5.74, 6) is 1.07. The summed E-state index contributed by atoms with van der Waals surface area (Å²) in [5, 5.41) is 5.23. The molecule has 0 radical (unpaired) electrons. The van der Waals surface area contributed by atoms with Crippen LogP contribution in [0.5, 0.6) is 5.75 Å². The standard InChI is InChI=1S/C25H22Cl2N2O/c1-30-20-7-3-5-17(13-20)24-25(15-29-23-14-19(27)8-9-22(23)25)21(10-11-28-24)16-4-2-6-18(26)12-16/h2-9,12-15,21,24,28H,10-11H2,1H3/t21-,24+,25-/m0/s1. The van der Waals surface area contributed by atoms with Gasteiger partial charge in [-0.15, -0.1) is 0 Å². The minimum Gasteiger partial charge on any atom is -0.497 e. The van der Waals surface area contributed by atoms with Gasteiger partial charge in [0.25, 0.3) is 0 Å². The van der Waals surface area contributed by atoms with Gasteiger partial charge in [0, 0.05) is 28.2 Å². The molecule has 30 heavy (non-hydrogen) atoms. The van der Waals surface area contributed by atoms with Crippen molar-refractivity contribution in [3.63, 3.8) is 0 Å². The van der Waals surface area contributed by atoms with Gasteiger partial charge in [0.05, 0.1) is 18.2 Å². The van der Waals surface area contributed by atoms with Crippen LogP contribution in [0.3, 0.4) is 0 Å². The second-order valence-corrected chi connectivity index (χ2v) is 8.79. The van der Waals surface area contributed by atoms with Crippen molar-refractivity contribution in [3.05, 3.63) is 93.5 Å². The van der Waals surface area contributed by atoms with E-state index in [-0.39, 0.29) is 17.4 Å². The van der Waals surface area contributed by atoms with E-state index < -0.39 is 0 Å². The molecule has 2 heterocycles. The predicted molar refractivity (Wildman–Crippen MR) is 124 cm³/mol. The summed E-state index contributed by atoms with van der Waals surface area (Å²) in [6.07, 6.45) is 3.10. The maximum absolute atomic E-state index is 6.39. The Morgan fingerprint density at radius 1 is 0.967 bits per heavy atom. The molecule has 3 aromatic rings. The molecule has 1 spiro atoms. The third-order valence-electron chi connectivity index (χ3n) is 6.36. The molecule has 1 N–H and O–H groups in total. The van der Waals surface area contributed by atoms with Gasteiger partial charge in [-0.1, -0.05) is 53.5 Å². The molecule has 0 aromatic heterocycles. The van der Waals surface area contributed by atoms with Crippen molar-refractivity contribution in [1.82, 2.24) is 5.32 Å². The fraction of sp³-hybridized carbons (Fsp3) is 0.240. The first-order valence-electron chi connectivity index (χ1n) is 10.1. The Balaban J connectivity index is 1.73. The van der Waals surface area contributed by atoms with Crippen LogP contribution in [0.1, 0.15) is 35.1 Å². The lowest BCUT2D eigenvalue weighted by molar-refractivity contribution is 0.269. The summed E-state index contributed by atoms with van der Waals surface area (Å²) < 4.78 is 5.51. The Kier molecular flexibility index (Phi) is 5.06. The van der Waals surface area contributed by atoms with Crippen molar-refractivity contribution in [2.24, 2.45) is 4.99 Å². The predicted octanol–water partition coefficient (Wildman–Crippen LogP) is 6.47. The van der Waals surface area contributed by atoms with Gasteiger partial charge in [-0.2, -0.15) is 0 Å². The van der Waals surface area contributed by atoms with Crippen LogP contribution in [0.25, 0.3) is 0 Å². The van der Waals surface area contributed by atoms with E-state index in [1.165, 1.54) is 16.7 Å². The Bertz CT molecular complexity index is 1130. The van der Waals surface area contributed by atoms with Crippen LogP contribution in [0.4, 0.5) is 5.69 Å². The van der Waals surface area contributed by atoms with E-state index in [0.717, 1.165) is 29.4 Å². The molecule has 5 rings (SSSR count). The molecule has 3 nitrogen and oxygen atoms in total. The Morgan fingerprint density at radius 3 is 2.60 bits per heavy atom. The highest BCUT2D eigenvalue weighted by Gasteiger charge is 2.52. The van der Waals surface area contributed by atoms with Gasteiger partial charge in [-0.3, -0.25) is 4.99 Å². The number of halogens is 2. The highest BCUT2D eigenvalue weighted by atomic mass is 35.5. The SMILES string of the molecule is COc1cccc([C@H]2NCC[C@@H](c3cccc(Cl)c3)[C@]23C=Nc2cc(Cl)ccc23)c1. The third-order valence-corrected chi connectivity index (χ3v) is 6.83. The maximum Gasteiger partial charge on any atom is 0.119 e. The molecular formula is C25H22Cl2N2O. The third kappa shape index (κ3) is 3.13. The average Bonchev–Trinajstić information content (AvgIpc) is 3.12. The highest BCUT2D eigenvalue weighted by Crippen LogP contribution is 2.56. The lowest BCUT2D eigenvalue weighted by atomic mass is 9.60. The Hall–Kier alpha value is -2.33. The second kappa shape index (κ2) is 7.73. The smallest absolute Gasteiger partial charge is 0.119 e. The van der Waals surface area contributed by atoms with Crippen molar-refractivity contribution in [1.29, 1.82) is 0 Å². The van der Waals surface area contributed by atoms with Crippen molar-refractivity contribution in [3.8, 4) is 5.75 Å². The first kappa shape index (κ1) is 19.6. The topological polar surface area (TPSA) is 33.6 Å². The van der Waals surface area contributed by atoms with Gasteiger partial charge >= 0.3 is 0 Å². The number of hydrogen-bond acceptors (Lipinski definition) is 3. The minimum atomic E-state index is -0.352. The zero-order valence-electron chi connectivity index (χ0n) is 16.6. The summed E-state index contributed by atoms with van der Waals surface area (Å²) in [7, 11) is 1.70. The second-order valence-electron chi connectivity index (χ2n) is 7.91. The van der Waals surface area contributed by atoms with E-state index in [1.54, 1.807) is 7.11 Å². The number of benzene rings is 3. The lowest BCUT2D eigenvalue weighted by Crippen LogP contribution is -2.51. The number of nitrogens with one attached hydrogen (secondary N) is 1. The van der Waals surface area contributed by atoms with Gasteiger partial charge in [-0.05, 0) is 66.1 Å². The number of nitrogens with zero attached hydrogens (tertiary/aromatic N) is 1. The summed E-state index contributed by atoms with van der Waals surface area (Å²) in [4.78, 5) is 4.84. The van der Waals surface area contributed by atoms with Gasteiger partial charge in [0.1, 0.15) is 5.75 Å². The molecule has 3 aromatic carbocycles. The normalized spacial score (nSPS) is 24.8. The van der Waals surface area contributed by atoms with Crippen LogP contribution in [0.15, 0.2) is 71.7 Å². The van der Waals surface area contributed by atoms with E-state index in [4.69, 9.17) is 32.9 Å². The molecule has 0 saturated carbocycles. The van der Waals surface area contributed by atoms with Crippen molar-refractivity contribution >= 4 is 35.1 Å². The summed E-state index contributed by atoms with van der Waals surface area (Å²) >= 11 is 12.7. The van der Waals surface area contributed by atoms with Crippen molar-refractivity contribution < 1.29 is 4.74 Å². The quantitative estimate of drug-likeness (QED) is 0.509. The zero-order chi connectivity index (χ0) is 20.7. The van der Waals surface area contributed by atoms with Gasteiger partial charge in [0.15, 0.2) is 0 Å². The summed E-state index contributed by atoms with van der Waals surface area (Å²) in [6, 6.07) is 22.6. The van der Waals surface area contributed by atoms with Crippen LogP contribution in [-0.2, 0) is 5.41 Å². The maximum atomic E-state index is 6.39. The van der Waals surface area contributed by atoms with Crippen molar-refractivity contribution in [2.75, 3.05) is 13.7 Å². The minimum absolute atomic E-state index is 0.0384. The zero-order valence-corrected chi connectivity index (χ0v) is 18.1. The summed E-state index contributed by atoms with van der Waals surface area (Å²) in [5.41, 5.74) is 4.18. The molecule has 0 amide bonds. The first-order chi connectivity index (χ1) is 14.6. The number of piperidine rings is 1. The van der Waals surface area contributed by atoms with Crippen LogP contribution in [0, 0.1) is 0 Å². The molecule has 1 saturated heterocycles. The largest absolute Gasteiger partial charge is 0.497 e. The van der Waals surface area contributed by atoms with Crippen LogP contribution >= 0.6 is 23.2 Å². The molecule has 152 valence electrons. The van der Waals surface area contributed by atoms with Gasteiger partial charge in [-0.25, -0.2) is 0 Å². The molecule has 3 atom stereocenters. The lowest BCUT2D eigenvalue weighted by Gasteiger charge is -2.47. The van der Waals surface area contributed by atoms with E-state index in [0.29, 0.717) is 5.02 Å². The number of methoxy groups -OCH3 is 1. The van der Waals surface area contributed by atoms with Crippen LogP contribution < -0.4 is 10.1 Å². The molecule has 0 bridgehead atoms. The van der Waals surface area contributed by atoms with Crippen molar-refractivity contribution in [2.45, 2.75) is 23.8 Å². The molecular weight excluding hydrogens is 415 g/mol. The Morgan fingerprint density at radius 2 is 1.77 bits per heavy atom. The fourth-order valence-electron chi connectivity index (χ4n) is 5.09. The van der Waals surface area contributed by atoms with Crippen LogP contribution in [-0.4, -0.2) is 19.9 Å². The van der Waals surface area contributed by atoms with Crippen LogP contribution in [0.2, 0.25) is 10.0 Å². The van der Waals surface area contributed by atoms with E-state index in [1.807, 2.05) is 36.4 Å². The molecule has 1 fully saturated rings. The number of ether oxygens (including phenoxy) is 1. The number of aliphatic imine (C=N–C) groups is 1. The molecule has 0 aliphatic carbocycles. The molecule has 0 unspecified atom stereocenters. The Labute approximate surface area is 186 Å². The van der Waals surface area contributed by atoms with Gasteiger partial charge < -0.3 is 10.1 Å². The van der Waals surface area contributed by atoms with Gasteiger partial charge in [0.2, 0.25) is 0 Å².